The third-order valence-electron chi connectivity index (χ3n) is 8.49. The van der Waals surface area contributed by atoms with Crippen molar-refractivity contribution in [1.29, 1.82) is 0 Å². The van der Waals surface area contributed by atoms with Gasteiger partial charge in [0.1, 0.15) is 6.54 Å². The lowest BCUT2D eigenvalue weighted by Crippen LogP contribution is -2.59. The van der Waals surface area contributed by atoms with Gasteiger partial charge in [0.15, 0.2) is 0 Å². The number of hydrogen-bond donors (Lipinski definition) is 6. The number of fused-ring (bicyclic) bond motifs is 1. The molecule has 1 saturated carbocycles. The minimum absolute atomic E-state index is 0.0141. The SMILES string of the molecule is CC(C)NC(=O)C1CC2CCCCC2CN1CC(O)C(Cc1ccccc1)NC(=O)CNC(=O)Cn1cccc1.CC(C)ONO. The molecule has 1 saturated heterocycles. The van der Waals surface area contributed by atoms with Crippen LogP contribution in [0.4, 0.5) is 0 Å². The molecule has 4 rings (SSSR count). The summed E-state index contributed by atoms with van der Waals surface area (Å²) < 4.78 is 1.73. The van der Waals surface area contributed by atoms with Crippen molar-refractivity contribution in [1.82, 2.24) is 31.1 Å². The molecule has 256 valence electrons. The van der Waals surface area contributed by atoms with Crippen LogP contribution in [0.3, 0.4) is 0 Å². The first-order valence-corrected chi connectivity index (χ1v) is 16.5. The zero-order chi connectivity index (χ0) is 33.5. The number of likely N-dealkylation sites (tertiary alicyclic amines) is 1. The highest BCUT2D eigenvalue weighted by atomic mass is 16.8. The molecule has 5 atom stereocenters. The molecule has 3 amide bonds. The quantitative estimate of drug-likeness (QED) is 0.172. The number of aromatic nitrogens is 1. The summed E-state index contributed by atoms with van der Waals surface area (Å²) in [6, 6.07) is 12.6. The third kappa shape index (κ3) is 12.8. The van der Waals surface area contributed by atoms with Gasteiger partial charge in [-0.2, -0.15) is 0 Å². The number of amides is 3. The molecule has 12 nitrogen and oxygen atoms in total. The van der Waals surface area contributed by atoms with Crippen LogP contribution in [0.1, 0.15) is 65.4 Å². The molecule has 1 aliphatic heterocycles. The number of nitrogens with zero attached hydrogens (tertiary/aromatic N) is 2. The molecule has 12 heteroatoms. The number of benzene rings is 1. The highest BCUT2D eigenvalue weighted by Crippen LogP contribution is 2.38. The van der Waals surface area contributed by atoms with Gasteiger partial charge in [0, 0.05) is 31.5 Å². The average molecular weight is 643 g/mol. The van der Waals surface area contributed by atoms with Gasteiger partial charge in [-0.15, -0.1) is 0 Å². The van der Waals surface area contributed by atoms with E-state index in [4.69, 9.17) is 5.21 Å². The molecule has 6 N–H and O–H groups in total. The van der Waals surface area contributed by atoms with E-state index in [9.17, 15) is 19.5 Å². The minimum atomic E-state index is -0.894. The average Bonchev–Trinajstić information content (AvgIpc) is 3.53. The van der Waals surface area contributed by atoms with Crippen LogP contribution in [-0.4, -0.2) is 87.5 Å². The monoisotopic (exact) mass is 642 g/mol. The van der Waals surface area contributed by atoms with E-state index in [2.05, 4.69) is 25.7 Å². The fraction of sp³-hybridized carbons (Fsp3) is 0.618. The summed E-state index contributed by atoms with van der Waals surface area (Å²) in [7, 11) is 0. The molecule has 1 aromatic heterocycles. The first-order chi connectivity index (χ1) is 22.0. The topological polar surface area (TPSA) is 157 Å². The Morgan fingerprint density at radius 1 is 0.935 bits per heavy atom. The molecule has 1 aliphatic carbocycles. The van der Waals surface area contributed by atoms with E-state index in [1.807, 2.05) is 70.2 Å². The van der Waals surface area contributed by atoms with Crippen LogP contribution in [0.2, 0.25) is 0 Å². The van der Waals surface area contributed by atoms with E-state index < -0.39 is 12.1 Å². The highest BCUT2D eigenvalue weighted by molar-refractivity contribution is 5.85. The molecule has 2 aromatic rings. The van der Waals surface area contributed by atoms with Gasteiger partial charge in [0.05, 0.1) is 30.8 Å². The van der Waals surface area contributed by atoms with Gasteiger partial charge < -0.3 is 25.6 Å². The van der Waals surface area contributed by atoms with E-state index in [-0.39, 0.29) is 55.5 Å². The fourth-order valence-electron chi connectivity index (χ4n) is 6.31. The third-order valence-corrected chi connectivity index (χ3v) is 8.49. The first kappa shape index (κ1) is 37.2. The summed E-state index contributed by atoms with van der Waals surface area (Å²) in [5, 5.41) is 28.0. The molecule has 2 heterocycles. The minimum Gasteiger partial charge on any atom is -0.390 e. The molecule has 1 aromatic carbocycles. The van der Waals surface area contributed by atoms with Crippen molar-refractivity contribution in [3.8, 4) is 0 Å². The maximum absolute atomic E-state index is 13.2. The Hall–Kier alpha value is -3.29. The van der Waals surface area contributed by atoms with Crippen LogP contribution < -0.4 is 21.6 Å². The van der Waals surface area contributed by atoms with Crippen LogP contribution in [0.25, 0.3) is 0 Å². The zero-order valence-corrected chi connectivity index (χ0v) is 27.7. The predicted octanol–water partition coefficient (Wildman–Crippen LogP) is 2.40. The number of carbonyl (C=O) groups is 3. The number of rotatable bonds is 14. The van der Waals surface area contributed by atoms with E-state index in [1.165, 1.54) is 12.8 Å². The predicted molar refractivity (Wildman–Crippen MR) is 175 cm³/mol. The van der Waals surface area contributed by atoms with Gasteiger partial charge in [-0.25, -0.2) is 0 Å². The number of aliphatic hydroxyl groups is 1. The molecule has 0 spiro atoms. The largest absolute Gasteiger partial charge is 0.390 e. The van der Waals surface area contributed by atoms with Gasteiger partial charge in [-0.3, -0.25) is 29.3 Å². The Balaban J connectivity index is 0.000000875. The van der Waals surface area contributed by atoms with Gasteiger partial charge in [0.2, 0.25) is 17.7 Å². The van der Waals surface area contributed by atoms with Crippen molar-refractivity contribution in [2.45, 2.75) is 103 Å². The van der Waals surface area contributed by atoms with Crippen LogP contribution >= 0.6 is 0 Å². The normalized spacial score (nSPS) is 21.0. The van der Waals surface area contributed by atoms with Crippen molar-refractivity contribution in [3.05, 3.63) is 60.4 Å². The highest BCUT2D eigenvalue weighted by Gasteiger charge is 2.41. The second-order valence-electron chi connectivity index (χ2n) is 13.0. The molecule has 0 radical (unpaired) electrons. The molecule has 2 aliphatic rings. The Morgan fingerprint density at radius 3 is 2.22 bits per heavy atom. The maximum Gasteiger partial charge on any atom is 0.240 e. The Bertz CT molecular complexity index is 1180. The lowest BCUT2D eigenvalue weighted by molar-refractivity contribution is -0.152. The number of piperidine rings is 1. The van der Waals surface area contributed by atoms with Crippen molar-refractivity contribution in [2.24, 2.45) is 11.8 Å². The van der Waals surface area contributed by atoms with Crippen molar-refractivity contribution >= 4 is 17.7 Å². The zero-order valence-electron chi connectivity index (χ0n) is 27.7. The second-order valence-corrected chi connectivity index (χ2v) is 13.0. The first-order valence-electron chi connectivity index (χ1n) is 16.5. The second kappa shape index (κ2) is 19.4. The molecular formula is C34H54N6O6. The number of carbonyl (C=O) groups excluding carboxylic acids is 3. The summed E-state index contributed by atoms with van der Waals surface area (Å²) in [4.78, 5) is 44.9. The van der Waals surface area contributed by atoms with E-state index >= 15 is 0 Å². The van der Waals surface area contributed by atoms with Crippen molar-refractivity contribution in [3.63, 3.8) is 0 Å². The van der Waals surface area contributed by atoms with Gasteiger partial charge in [-0.1, -0.05) is 55.2 Å². The summed E-state index contributed by atoms with van der Waals surface area (Å²) in [5.74, 6) is 0.462. The smallest absolute Gasteiger partial charge is 0.240 e. The maximum atomic E-state index is 13.2. The van der Waals surface area contributed by atoms with Gasteiger partial charge in [-0.05, 0) is 76.5 Å². The molecule has 2 fully saturated rings. The molecular weight excluding hydrogens is 588 g/mol. The number of β-amino-alcohol motifs (C(OH)–C–C–N with tert-alkyl or cyclic N) is 1. The van der Waals surface area contributed by atoms with Crippen LogP contribution in [0, 0.1) is 11.8 Å². The summed E-state index contributed by atoms with van der Waals surface area (Å²) in [6.45, 7) is 8.57. The summed E-state index contributed by atoms with van der Waals surface area (Å²) in [6.07, 6.45) is 8.71. The van der Waals surface area contributed by atoms with Crippen molar-refractivity contribution < 1.29 is 29.5 Å². The van der Waals surface area contributed by atoms with Gasteiger partial charge in [0.25, 0.3) is 0 Å². The number of nitrogens with one attached hydrogen (secondary N) is 4. The lowest BCUT2D eigenvalue weighted by Gasteiger charge is -2.46. The number of aliphatic hydroxyl groups excluding tert-OH is 1. The van der Waals surface area contributed by atoms with Crippen LogP contribution in [0.5, 0.6) is 0 Å². The van der Waals surface area contributed by atoms with Crippen LogP contribution in [-0.2, 0) is 32.2 Å². The van der Waals surface area contributed by atoms with E-state index in [0.29, 0.717) is 18.3 Å². The van der Waals surface area contributed by atoms with Crippen LogP contribution in [0.15, 0.2) is 54.9 Å². The van der Waals surface area contributed by atoms with E-state index in [0.717, 1.165) is 31.4 Å². The lowest BCUT2D eigenvalue weighted by atomic mass is 9.72. The molecule has 46 heavy (non-hydrogen) atoms. The Morgan fingerprint density at radius 2 is 1.61 bits per heavy atom. The Kier molecular flexibility index (Phi) is 15.7. The van der Waals surface area contributed by atoms with Gasteiger partial charge >= 0.3 is 0 Å². The summed E-state index contributed by atoms with van der Waals surface area (Å²) in [5.41, 5.74) is 2.56. The van der Waals surface area contributed by atoms with E-state index in [1.54, 1.807) is 22.6 Å². The molecule has 5 unspecified atom stereocenters. The fourth-order valence-corrected chi connectivity index (χ4v) is 6.31. The number of hydrogen-bond acceptors (Lipinski definition) is 8. The summed E-state index contributed by atoms with van der Waals surface area (Å²) >= 11 is 0. The van der Waals surface area contributed by atoms with Crippen molar-refractivity contribution in [2.75, 3.05) is 19.6 Å². The standard InChI is InChI=1S/C31H45N5O4.C3H9NO2/c1-22(2)33-31(40)27-17-24-12-6-7-13-25(24)19-36(27)20-28(37)26(16-23-10-4-3-5-11-23)34-29(38)18-32-30(39)21-35-14-8-9-15-35;1-3(2)6-4-5/h3-5,8-11,14-15,22,24-28,37H,6-7,12-13,16-21H2,1-2H3,(H,32,39)(H,33,40)(H,34,38);3-5H,1-2H3. The molecule has 0 bridgehead atoms. The Labute approximate surface area is 273 Å².